The normalized spacial score (nSPS) is 14.4. The lowest BCUT2D eigenvalue weighted by molar-refractivity contribution is -0.122. The number of ether oxygens (including phenoxy) is 3. The van der Waals surface area contributed by atoms with Crippen LogP contribution in [0.15, 0.2) is 83.2 Å². The summed E-state index contributed by atoms with van der Waals surface area (Å²) in [4.78, 5) is 10.7. The molecule has 1 aliphatic heterocycles. The van der Waals surface area contributed by atoms with E-state index < -0.39 is 0 Å². The van der Waals surface area contributed by atoms with Crippen molar-refractivity contribution in [3.63, 3.8) is 0 Å². The second kappa shape index (κ2) is 16.3. The van der Waals surface area contributed by atoms with Crippen molar-refractivity contribution >= 4 is 17.4 Å². The molecule has 0 amide bonds. The monoisotopic (exact) mass is 548 g/mol. The zero-order valence-electron chi connectivity index (χ0n) is 23.4. The molecule has 1 fully saturated rings. The molecule has 0 unspecified atom stereocenters. The number of allylic oxidation sites excluding steroid dienone is 4. The quantitative estimate of drug-likeness (QED) is 0.163. The Morgan fingerprint density at radius 2 is 1.98 bits per heavy atom. The summed E-state index contributed by atoms with van der Waals surface area (Å²) in [7, 11) is 0. The van der Waals surface area contributed by atoms with Crippen LogP contribution in [0.1, 0.15) is 31.4 Å². The molecule has 1 aliphatic rings. The van der Waals surface area contributed by atoms with Crippen LogP contribution in [0.25, 0.3) is 22.1 Å². The lowest BCUT2D eigenvalue weighted by Crippen LogP contribution is -2.38. The molecule has 4 rings (SSSR count). The van der Waals surface area contributed by atoms with E-state index in [9.17, 15) is 0 Å². The van der Waals surface area contributed by atoms with Gasteiger partial charge in [0.15, 0.2) is 11.3 Å². The van der Waals surface area contributed by atoms with Crippen molar-refractivity contribution in [1.82, 2.24) is 4.90 Å². The molecule has 3 aromatic rings. The summed E-state index contributed by atoms with van der Waals surface area (Å²) in [6.07, 6.45) is 8.39. The molecule has 3 N–H and O–H groups in total. The standard InChI is InChI=1S/C31H38N2O4.CH2O2/c1-4-8-29(24(5-2)6-3)36-21-27-22-37-31-28(27)18-26(25-10-7-9-23(17-25)20-32)19-30(31)35-16-13-33-11-14-34-15-12-33;2-1-3/h4-5,7-10,17-19,22H,1,6,11-16,20-21,32H2,2-3H3;1H,(H,2,3)/b24-5-,29-8+;. The highest BCUT2D eigenvalue weighted by molar-refractivity contribution is 5.91. The average molecular weight is 549 g/mol. The van der Waals surface area contributed by atoms with Crippen LogP contribution < -0.4 is 10.5 Å². The molecule has 0 radical (unpaired) electrons. The number of fused-ring (bicyclic) bond motifs is 1. The SMILES string of the molecule is C=C/C=C(OCc1coc2c(OCCN3CCOCC3)cc(-c3cccc(CN)c3)cc12)\C(=C/C)CC.O=CO. The predicted molar refractivity (Wildman–Crippen MR) is 158 cm³/mol. The van der Waals surface area contributed by atoms with Gasteiger partial charge in [-0.25, -0.2) is 0 Å². The van der Waals surface area contributed by atoms with E-state index in [1.165, 1.54) is 0 Å². The lowest BCUT2D eigenvalue weighted by Gasteiger charge is -2.26. The van der Waals surface area contributed by atoms with Gasteiger partial charge in [0.25, 0.3) is 6.47 Å². The minimum atomic E-state index is -0.250. The minimum absolute atomic E-state index is 0.250. The predicted octanol–water partition coefficient (Wildman–Crippen LogP) is 5.91. The smallest absolute Gasteiger partial charge is 0.290 e. The number of nitrogens with zero attached hydrogens (tertiary/aromatic N) is 1. The molecular formula is C32H40N2O6. The maximum absolute atomic E-state index is 8.36. The molecular weight excluding hydrogens is 508 g/mol. The number of rotatable bonds is 12. The Morgan fingerprint density at radius 3 is 2.65 bits per heavy atom. The first kappa shape index (κ1) is 30.7. The summed E-state index contributed by atoms with van der Waals surface area (Å²) in [6.45, 7) is 13.4. The molecule has 0 atom stereocenters. The van der Waals surface area contributed by atoms with Crippen LogP contribution in [0.5, 0.6) is 5.75 Å². The zero-order chi connectivity index (χ0) is 28.7. The number of hydrogen-bond donors (Lipinski definition) is 2. The fourth-order valence-corrected chi connectivity index (χ4v) is 4.56. The second-order valence-corrected chi connectivity index (χ2v) is 9.15. The van der Waals surface area contributed by atoms with Crippen LogP contribution in [-0.4, -0.2) is 55.9 Å². The molecule has 2 heterocycles. The van der Waals surface area contributed by atoms with Gasteiger partial charge >= 0.3 is 0 Å². The van der Waals surface area contributed by atoms with Gasteiger partial charge in [-0.2, -0.15) is 0 Å². The summed E-state index contributed by atoms with van der Waals surface area (Å²) in [5.41, 5.74) is 12.0. The Morgan fingerprint density at radius 1 is 1.20 bits per heavy atom. The van der Waals surface area contributed by atoms with E-state index in [2.05, 4.69) is 48.7 Å². The molecule has 1 aromatic heterocycles. The number of hydrogen-bond acceptors (Lipinski definition) is 7. The molecule has 1 saturated heterocycles. The summed E-state index contributed by atoms with van der Waals surface area (Å²) in [5, 5.41) is 7.87. The molecule has 0 spiro atoms. The zero-order valence-corrected chi connectivity index (χ0v) is 23.4. The average Bonchev–Trinajstić information content (AvgIpc) is 3.40. The van der Waals surface area contributed by atoms with E-state index >= 15 is 0 Å². The van der Waals surface area contributed by atoms with Gasteiger partial charge in [-0.1, -0.05) is 43.9 Å². The maximum atomic E-state index is 8.36. The van der Waals surface area contributed by atoms with Gasteiger partial charge in [0, 0.05) is 37.1 Å². The highest BCUT2D eigenvalue weighted by Crippen LogP contribution is 2.36. The third-order valence-electron chi connectivity index (χ3n) is 6.68. The first-order chi connectivity index (χ1) is 19.6. The third-order valence-corrected chi connectivity index (χ3v) is 6.68. The Bertz CT molecular complexity index is 1300. The largest absolute Gasteiger partial charge is 0.488 e. The lowest BCUT2D eigenvalue weighted by atomic mass is 10.00. The van der Waals surface area contributed by atoms with Gasteiger partial charge in [-0.3, -0.25) is 9.69 Å². The van der Waals surface area contributed by atoms with Crippen LogP contribution >= 0.6 is 0 Å². The van der Waals surface area contributed by atoms with E-state index in [1.54, 1.807) is 12.3 Å². The van der Waals surface area contributed by atoms with E-state index in [-0.39, 0.29) is 6.47 Å². The Labute approximate surface area is 236 Å². The van der Waals surface area contributed by atoms with Crippen LogP contribution in [0.2, 0.25) is 0 Å². The van der Waals surface area contributed by atoms with Crippen molar-refractivity contribution in [3.8, 4) is 16.9 Å². The highest BCUT2D eigenvalue weighted by atomic mass is 16.5. The van der Waals surface area contributed by atoms with E-state index in [4.69, 9.17) is 34.3 Å². The molecule has 214 valence electrons. The van der Waals surface area contributed by atoms with E-state index in [0.717, 1.165) is 89.6 Å². The molecule has 8 heteroatoms. The van der Waals surface area contributed by atoms with E-state index in [0.29, 0.717) is 19.8 Å². The molecule has 0 bridgehead atoms. The van der Waals surface area contributed by atoms with Crippen LogP contribution in [0.4, 0.5) is 0 Å². The van der Waals surface area contributed by atoms with Crippen molar-refractivity contribution in [2.75, 3.05) is 39.5 Å². The van der Waals surface area contributed by atoms with Gasteiger partial charge in [-0.15, -0.1) is 0 Å². The number of morpholine rings is 1. The van der Waals surface area contributed by atoms with Crippen LogP contribution in [0, 0.1) is 0 Å². The Hall–Kier alpha value is -3.85. The van der Waals surface area contributed by atoms with Crippen molar-refractivity contribution in [2.45, 2.75) is 33.4 Å². The minimum Gasteiger partial charge on any atom is -0.488 e. The molecule has 0 aliphatic carbocycles. The molecule has 2 aromatic carbocycles. The number of nitrogens with two attached hydrogens (primary N) is 1. The molecule has 8 nitrogen and oxygen atoms in total. The highest BCUT2D eigenvalue weighted by Gasteiger charge is 2.17. The second-order valence-electron chi connectivity index (χ2n) is 9.15. The first-order valence-corrected chi connectivity index (χ1v) is 13.5. The third kappa shape index (κ3) is 8.32. The molecule has 40 heavy (non-hydrogen) atoms. The summed E-state index contributed by atoms with van der Waals surface area (Å²) in [5.74, 6) is 1.55. The van der Waals surface area contributed by atoms with Crippen molar-refractivity contribution in [2.24, 2.45) is 5.73 Å². The van der Waals surface area contributed by atoms with Gasteiger partial charge < -0.3 is 29.5 Å². The summed E-state index contributed by atoms with van der Waals surface area (Å²) >= 11 is 0. The van der Waals surface area contributed by atoms with Gasteiger partial charge in [-0.05, 0) is 59.9 Å². The number of benzene rings is 2. The van der Waals surface area contributed by atoms with Gasteiger partial charge in [0.1, 0.15) is 19.0 Å². The summed E-state index contributed by atoms with van der Waals surface area (Å²) in [6, 6.07) is 12.5. The van der Waals surface area contributed by atoms with Gasteiger partial charge in [0.2, 0.25) is 0 Å². The first-order valence-electron chi connectivity index (χ1n) is 13.5. The molecule has 0 saturated carbocycles. The fraction of sp³-hybridized carbons (Fsp3) is 0.344. The summed E-state index contributed by atoms with van der Waals surface area (Å²) < 4.78 is 24.1. The fourth-order valence-electron chi connectivity index (χ4n) is 4.56. The topological polar surface area (TPSA) is 107 Å². The Balaban J connectivity index is 0.00000141. The van der Waals surface area contributed by atoms with Crippen molar-refractivity contribution in [3.05, 3.63) is 89.9 Å². The Kier molecular flexibility index (Phi) is 12.5. The van der Waals surface area contributed by atoms with Crippen molar-refractivity contribution < 1.29 is 28.5 Å². The van der Waals surface area contributed by atoms with Crippen LogP contribution in [-0.2, 0) is 27.4 Å². The number of furan rings is 1. The van der Waals surface area contributed by atoms with E-state index in [1.807, 2.05) is 25.1 Å². The van der Waals surface area contributed by atoms with Gasteiger partial charge in [0.05, 0.1) is 19.5 Å². The number of carboxylic acid groups (broad SMARTS) is 1. The van der Waals surface area contributed by atoms with Crippen molar-refractivity contribution in [1.29, 1.82) is 0 Å². The number of carbonyl (C=O) groups is 1. The maximum Gasteiger partial charge on any atom is 0.290 e. The van der Waals surface area contributed by atoms with Crippen LogP contribution in [0.3, 0.4) is 0 Å².